The lowest BCUT2D eigenvalue weighted by Gasteiger charge is -2.29. The second-order valence-corrected chi connectivity index (χ2v) is 5.84. The van der Waals surface area contributed by atoms with Crippen molar-refractivity contribution >= 4 is 15.9 Å². The number of rotatable bonds is 3. The van der Waals surface area contributed by atoms with Gasteiger partial charge in [0.15, 0.2) is 11.5 Å². The van der Waals surface area contributed by atoms with Gasteiger partial charge < -0.3 is 19.9 Å². The molecule has 2 N–H and O–H groups in total. The zero-order valence-electron chi connectivity index (χ0n) is 11.3. The molecule has 1 saturated heterocycles. The van der Waals surface area contributed by atoms with Crippen molar-refractivity contribution < 1.29 is 14.2 Å². The van der Waals surface area contributed by atoms with Crippen molar-refractivity contribution in [2.75, 3.05) is 39.6 Å². The van der Waals surface area contributed by atoms with Gasteiger partial charge in [0.25, 0.3) is 0 Å². The average molecular weight is 343 g/mol. The van der Waals surface area contributed by atoms with Crippen LogP contribution in [0.1, 0.15) is 18.0 Å². The maximum absolute atomic E-state index is 6.01. The van der Waals surface area contributed by atoms with Crippen LogP contribution in [-0.4, -0.2) is 44.5 Å². The summed E-state index contributed by atoms with van der Waals surface area (Å²) in [5, 5.41) is 0. The summed E-state index contributed by atoms with van der Waals surface area (Å²) in [7, 11) is 0. The Kier molecular flexibility index (Phi) is 4.45. The lowest BCUT2D eigenvalue weighted by atomic mass is 10.0. The molecule has 0 aromatic heterocycles. The predicted octanol–water partition coefficient (Wildman–Crippen LogP) is 1.90. The first kappa shape index (κ1) is 14.1. The topological polar surface area (TPSA) is 57.0 Å². The van der Waals surface area contributed by atoms with Gasteiger partial charge in [-0.15, -0.1) is 0 Å². The molecule has 0 saturated carbocycles. The predicted molar refractivity (Wildman–Crippen MR) is 79.1 cm³/mol. The highest BCUT2D eigenvalue weighted by Crippen LogP contribution is 2.41. The van der Waals surface area contributed by atoms with Crippen LogP contribution in [-0.2, 0) is 4.74 Å². The number of benzene rings is 1. The molecule has 2 heterocycles. The largest absolute Gasteiger partial charge is 0.454 e. The van der Waals surface area contributed by atoms with Crippen LogP contribution in [0.5, 0.6) is 11.5 Å². The number of fused-ring (bicyclic) bond motifs is 1. The van der Waals surface area contributed by atoms with Crippen LogP contribution < -0.4 is 15.2 Å². The molecule has 0 radical (unpaired) electrons. The molecule has 0 bridgehead atoms. The van der Waals surface area contributed by atoms with Gasteiger partial charge in [-0.1, -0.05) is 0 Å². The first-order chi connectivity index (χ1) is 9.79. The van der Waals surface area contributed by atoms with Crippen molar-refractivity contribution in [3.63, 3.8) is 0 Å². The first-order valence-electron chi connectivity index (χ1n) is 6.90. The van der Waals surface area contributed by atoms with Gasteiger partial charge in [-0.3, -0.25) is 4.90 Å². The fourth-order valence-corrected chi connectivity index (χ4v) is 3.33. The highest BCUT2D eigenvalue weighted by Gasteiger charge is 2.25. The number of ether oxygens (including phenoxy) is 3. The summed E-state index contributed by atoms with van der Waals surface area (Å²) in [6.07, 6.45) is 1.04. The van der Waals surface area contributed by atoms with Gasteiger partial charge in [0.2, 0.25) is 6.79 Å². The van der Waals surface area contributed by atoms with Gasteiger partial charge in [-0.25, -0.2) is 0 Å². The number of halogens is 1. The third-order valence-electron chi connectivity index (χ3n) is 3.76. The second kappa shape index (κ2) is 6.30. The lowest BCUT2D eigenvalue weighted by molar-refractivity contribution is 0.132. The molecular weight excluding hydrogens is 324 g/mol. The molecule has 6 heteroatoms. The summed E-state index contributed by atoms with van der Waals surface area (Å²) in [6, 6.07) is 4.30. The maximum atomic E-state index is 6.01. The Morgan fingerprint density at radius 1 is 1.25 bits per heavy atom. The number of nitrogens with two attached hydrogens (primary N) is 1. The van der Waals surface area contributed by atoms with Crippen LogP contribution in [0, 0.1) is 0 Å². The summed E-state index contributed by atoms with van der Waals surface area (Å²) >= 11 is 3.55. The highest BCUT2D eigenvalue weighted by molar-refractivity contribution is 9.10. The zero-order valence-corrected chi connectivity index (χ0v) is 12.9. The minimum absolute atomic E-state index is 0.183. The third-order valence-corrected chi connectivity index (χ3v) is 4.34. The second-order valence-electron chi connectivity index (χ2n) is 4.99. The smallest absolute Gasteiger partial charge is 0.231 e. The standard InChI is InChI=1S/C14H19BrN2O3/c15-11-6-10(7-13-14(11)20-9-19-13)12(8-16)17-2-1-4-18-5-3-17/h6-7,12H,1-5,8-9,16H2. The maximum Gasteiger partial charge on any atom is 0.231 e. The number of hydrogen-bond acceptors (Lipinski definition) is 5. The minimum Gasteiger partial charge on any atom is -0.454 e. The van der Waals surface area contributed by atoms with Crippen molar-refractivity contribution in [2.24, 2.45) is 5.73 Å². The van der Waals surface area contributed by atoms with Crippen LogP contribution >= 0.6 is 15.9 Å². The van der Waals surface area contributed by atoms with Crippen molar-refractivity contribution in [2.45, 2.75) is 12.5 Å². The third kappa shape index (κ3) is 2.79. The van der Waals surface area contributed by atoms with E-state index in [0.29, 0.717) is 6.54 Å². The molecule has 0 spiro atoms. The van der Waals surface area contributed by atoms with Crippen molar-refractivity contribution in [1.29, 1.82) is 0 Å². The fraction of sp³-hybridized carbons (Fsp3) is 0.571. The van der Waals surface area contributed by atoms with Crippen molar-refractivity contribution in [3.8, 4) is 11.5 Å². The molecule has 2 aliphatic rings. The van der Waals surface area contributed by atoms with Crippen LogP contribution in [0.25, 0.3) is 0 Å². The quantitative estimate of drug-likeness (QED) is 0.909. The van der Waals surface area contributed by atoms with Gasteiger partial charge in [-0.05, 0) is 40.0 Å². The molecule has 2 aliphatic heterocycles. The van der Waals surface area contributed by atoms with Gasteiger partial charge >= 0.3 is 0 Å². The Balaban J connectivity index is 1.87. The Morgan fingerprint density at radius 3 is 3.00 bits per heavy atom. The number of nitrogens with zero attached hydrogens (tertiary/aromatic N) is 1. The minimum atomic E-state index is 0.183. The van der Waals surface area contributed by atoms with Crippen LogP contribution in [0.3, 0.4) is 0 Å². The van der Waals surface area contributed by atoms with Gasteiger partial charge in [-0.2, -0.15) is 0 Å². The molecule has 20 heavy (non-hydrogen) atoms. The fourth-order valence-electron chi connectivity index (χ4n) is 2.75. The Labute approximate surface area is 127 Å². The van der Waals surface area contributed by atoms with Crippen LogP contribution in [0.4, 0.5) is 0 Å². The molecule has 1 aromatic rings. The Bertz CT molecular complexity index is 476. The zero-order chi connectivity index (χ0) is 13.9. The van der Waals surface area contributed by atoms with E-state index >= 15 is 0 Å². The van der Waals surface area contributed by atoms with Gasteiger partial charge in [0, 0.05) is 32.3 Å². The van der Waals surface area contributed by atoms with Crippen LogP contribution in [0.15, 0.2) is 16.6 Å². The van der Waals surface area contributed by atoms with E-state index in [9.17, 15) is 0 Å². The van der Waals surface area contributed by atoms with Gasteiger partial charge in [0.05, 0.1) is 11.1 Å². The summed E-state index contributed by atoms with van der Waals surface area (Å²) in [4.78, 5) is 2.39. The Hall–Kier alpha value is -0.820. The van der Waals surface area contributed by atoms with E-state index in [1.54, 1.807) is 0 Å². The molecule has 5 nitrogen and oxygen atoms in total. The van der Waals surface area contributed by atoms with Crippen molar-refractivity contribution in [1.82, 2.24) is 4.90 Å². The average Bonchev–Trinajstić information content (AvgIpc) is 2.76. The molecule has 110 valence electrons. The van der Waals surface area contributed by atoms with E-state index in [4.69, 9.17) is 19.9 Å². The van der Waals surface area contributed by atoms with E-state index in [-0.39, 0.29) is 12.8 Å². The number of hydrogen-bond donors (Lipinski definition) is 1. The molecular formula is C14H19BrN2O3. The normalized spacial score (nSPS) is 20.7. The van der Waals surface area contributed by atoms with Gasteiger partial charge in [0.1, 0.15) is 0 Å². The van der Waals surface area contributed by atoms with E-state index in [1.807, 2.05) is 6.07 Å². The molecule has 0 amide bonds. The van der Waals surface area contributed by atoms with E-state index in [1.165, 1.54) is 0 Å². The summed E-state index contributed by atoms with van der Waals surface area (Å²) in [6.45, 7) is 4.37. The summed E-state index contributed by atoms with van der Waals surface area (Å²) in [5.41, 5.74) is 7.17. The monoisotopic (exact) mass is 342 g/mol. The molecule has 1 fully saturated rings. The summed E-state index contributed by atoms with van der Waals surface area (Å²) in [5.74, 6) is 1.57. The van der Waals surface area contributed by atoms with Crippen molar-refractivity contribution in [3.05, 3.63) is 22.2 Å². The molecule has 3 rings (SSSR count). The van der Waals surface area contributed by atoms with Crippen LogP contribution in [0.2, 0.25) is 0 Å². The summed E-state index contributed by atoms with van der Waals surface area (Å²) < 4.78 is 17.4. The van der Waals surface area contributed by atoms with E-state index < -0.39 is 0 Å². The highest BCUT2D eigenvalue weighted by atomic mass is 79.9. The van der Waals surface area contributed by atoms with E-state index in [0.717, 1.165) is 54.3 Å². The molecule has 0 aliphatic carbocycles. The lowest BCUT2D eigenvalue weighted by Crippen LogP contribution is -2.35. The molecule has 1 aromatic carbocycles. The molecule has 1 unspecified atom stereocenters. The first-order valence-corrected chi connectivity index (χ1v) is 7.70. The molecule has 1 atom stereocenters. The Morgan fingerprint density at radius 2 is 2.15 bits per heavy atom. The SMILES string of the molecule is NCC(c1cc(Br)c2c(c1)OCO2)N1CCCOCC1. The van der Waals surface area contributed by atoms with E-state index in [2.05, 4.69) is 26.9 Å².